The van der Waals surface area contributed by atoms with Crippen molar-refractivity contribution in [2.75, 3.05) is 46.3 Å². The Labute approximate surface area is 131 Å². The first-order valence-electron chi connectivity index (χ1n) is 8.73. The summed E-state index contributed by atoms with van der Waals surface area (Å²) in [6.07, 6.45) is 6.75. The summed E-state index contributed by atoms with van der Waals surface area (Å²) < 4.78 is 0. The fourth-order valence-electron chi connectivity index (χ4n) is 3.01. The zero-order valence-corrected chi connectivity index (χ0v) is 14.3. The predicted octanol–water partition coefficient (Wildman–Crippen LogP) is 2.47. The number of nitrogens with one attached hydrogen (secondary N) is 1. The highest BCUT2D eigenvalue weighted by atomic mass is 15.2. The maximum atomic E-state index is 9.48. The fourth-order valence-corrected chi connectivity index (χ4v) is 3.01. The molecule has 0 aromatic rings. The predicted molar refractivity (Wildman–Crippen MR) is 89.3 cm³/mol. The molecule has 0 radical (unpaired) electrons. The number of nitriles is 1. The Bertz CT molecular complexity index is 306. The highest BCUT2D eigenvalue weighted by Gasteiger charge is 2.26. The molecule has 1 heterocycles. The lowest BCUT2D eigenvalue weighted by Gasteiger charge is -2.28. The summed E-state index contributed by atoms with van der Waals surface area (Å²) in [5, 5.41) is 12.9. The molecule has 0 bridgehead atoms. The zero-order chi connectivity index (χ0) is 15.6. The minimum absolute atomic E-state index is 0.314. The van der Waals surface area contributed by atoms with Crippen molar-refractivity contribution < 1.29 is 0 Å². The Morgan fingerprint density at radius 1 is 1.24 bits per heavy atom. The van der Waals surface area contributed by atoms with Crippen LogP contribution in [0.4, 0.5) is 0 Å². The molecule has 1 atom stereocenters. The van der Waals surface area contributed by atoms with Gasteiger partial charge >= 0.3 is 0 Å². The number of hydrogen-bond acceptors (Lipinski definition) is 4. The van der Waals surface area contributed by atoms with Gasteiger partial charge in [0.05, 0.1) is 6.07 Å². The second-order valence-electron chi connectivity index (χ2n) is 6.43. The molecule has 1 fully saturated rings. The van der Waals surface area contributed by atoms with Gasteiger partial charge in [-0.1, -0.05) is 13.8 Å². The van der Waals surface area contributed by atoms with Gasteiger partial charge in [0.15, 0.2) is 0 Å². The van der Waals surface area contributed by atoms with Crippen LogP contribution in [0.2, 0.25) is 0 Å². The monoisotopic (exact) mass is 294 g/mol. The van der Waals surface area contributed by atoms with Crippen molar-refractivity contribution in [1.29, 1.82) is 5.26 Å². The molecule has 21 heavy (non-hydrogen) atoms. The van der Waals surface area contributed by atoms with Gasteiger partial charge < -0.3 is 9.80 Å². The average Bonchev–Trinajstić information content (AvgIpc) is 3.02. The van der Waals surface area contributed by atoms with Gasteiger partial charge in [-0.15, -0.1) is 0 Å². The largest absolute Gasteiger partial charge is 0.305 e. The third kappa shape index (κ3) is 6.78. The lowest BCUT2D eigenvalue weighted by molar-refractivity contribution is 0.245. The van der Waals surface area contributed by atoms with Gasteiger partial charge in [0.25, 0.3) is 0 Å². The summed E-state index contributed by atoms with van der Waals surface area (Å²) >= 11 is 0. The van der Waals surface area contributed by atoms with E-state index in [0.717, 1.165) is 45.3 Å². The van der Waals surface area contributed by atoms with Crippen LogP contribution in [0.1, 0.15) is 52.4 Å². The van der Waals surface area contributed by atoms with Crippen LogP contribution >= 0.6 is 0 Å². The number of likely N-dealkylation sites (N-methyl/N-ethyl adjacent to an activating group) is 1. The molecule has 1 N–H and O–H groups in total. The van der Waals surface area contributed by atoms with Crippen molar-refractivity contribution in [1.82, 2.24) is 15.1 Å². The van der Waals surface area contributed by atoms with Gasteiger partial charge in [-0.3, -0.25) is 5.32 Å². The molecule has 4 heteroatoms. The van der Waals surface area contributed by atoms with Gasteiger partial charge in [0, 0.05) is 13.1 Å². The van der Waals surface area contributed by atoms with Gasteiger partial charge in [0.2, 0.25) is 0 Å². The molecule has 1 rings (SSSR count). The molecule has 0 aromatic heterocycles. The Morgan fingerprint density at radius 3 is 2.52 bits per heavy atom. The van der Waals surface area contributed by atoms with Crippen LogP contribution < -0.4 is 5.32 Å². The first-order valence-corrected chi connectivity index (χ1v) is 8.73. The van der Waals surface area contributed by atoms with E-state index in [4.69, 9.17) is 0 Å². The van der Waals surface area contributed by atoms with Crippen molar-refractivity contribution in [3.05, 3.63) is 0 Å². The average molecular weight is 294 g/mol. The smallest absolute Gasteiger partial charge is 0.106 e. The Hall–Kier alpha value is -0.630. The van der Waals surface area contributed by atoms with Crippen molar-refractivity contribution in [3.63, 3.8) is 0 Å². The van der Waals surface area contributed by atoms with Gasteiger partial charge in [-0.05, 0) is 71.8 Å². The molecule has 0 saturated carbocycles. The molecule has 1 saturated heterocycles. The first-order chi connectivity index (χ1) is 10.2. The molecule has 0 aromatic carbocycles. The maximum absolute atomic E-state index is 9.48. The number of rotatable bonds is 11. The van der Waals surface area contributed by atoms with Crippen molar-refractivity contribution >= 4 is 0 Å². The van der Waals surface area contributed by atoms with E-state index >= 15 is 0 Å². The minimum Gasteiger partial charge on any atom is -0.305 e. The highest BCUT2D eigenvalue weighted by molar-refractivity contribution is 5.06. The second-order valence-corrected chi connectivity index (χ2v) is 6.43. The van der Waals surface area contributed by atoms with Crippen LogP contribution in [0.15, 0.2) is 0 Å². The molecule has 0 spiro atoms. The quantitative estimate of drug-likeness (QED) is 0.636. The zero-order valence-electron chi connectivity index (χ0n) is 14.3. The number of likely N-dealkylation sites (tertiary alicyclic amines) is 1. The molecular weight excluding hydrogens is 260 g/mol. The van der Waals surface area contributed by atoms with E-state index in [0.29, 0.717) is 0 Å². The Balaban J connectivity index is 2.21. The van der Waals surface area contributed by atoms with Crippen LogP contribution in [-0.4, -0.2) is 61.7 Å². The molecule has 1 aliphatic rings. The van der Waals surface area contributed by atoms with Crippen molar-refractivity contribution in [3.8, 4) is 6.07 Å². The summed E-state index contributed by atoms with van der Waals surface area (Å²) in [7, 11) is 2.20. The van der Waals surface area contributed by atoms with Gasteiger partial charge in [-0.2, -0.15) is 5.26 Å². The highest BCUT2D eigenvalue weighted by Crippen LogP contribution is 2.17. The van der Waals surface area contributed by atoms with Crippen molar-refractivity contribution in [2.24, 2.45) is 0 Å². The second kappa shape index (κ2) is 10.2. The standard InChI is InChI=1S/C17H34N4/c1-4-10-19-17(5-2,16-18)9-8-11-20(3)14-15-21-12-6-7-13-21/h19H,4-15H2,1-3H3. The van der Waals surface area contributed by atoms with Crippen LogP contribution in [-0.2, 0) is 0 Å². The molecule has 0 amide bonds. The van der Waals surface area contributed by atoms with Crippen LogP contribution in [0.5, 0.6) is 0 Å². The molecule has 122 valence electrons. The summed E-state index contributed by atoms with van der Waals surface area (Å²) in [5.41, 5.74) is -0.314. The summed E-state index contributed by atoms with van der Waals surface area (Å²) in [5.74, 6) is 0. The third-order valence-electron chi connectivity index (χ3n) is 4.67. The summed E-state index contributed by atoms with van der Waals surface area (Å²) in [4.78, 5) is 4.97. The topological polar surface area (TPSA) is 42.3 Å². The van der Waals surface area contributed by atoms with Crippen LogP contribution in [0.25, 0.3) is 0 Å². The number of nitrogens with zero attached hydrogens (tertiary/aromatic N) is 3. The van der Waals surface area contributed by atoms with E-state index < -0.39 is 0 Å². The van der Waals surface area contributed by atoms with E-state index in [9.17, 15) is 5.26 Å². The SMILES string of the molecule is CCCNC(C#N)(CC)CCCN(C)CCN1CCCC1. The number of hydrogen-bond donors (Lipinski definition) is 1. The van der Waals surface area contributed by atoms with E-state index in [1.165, 1.54) is 32.5 Å². The third-order valence-corrected chi connectivity index (χ3v) is 4.67. The van der Waals surface area contributed by atoms with Crippen LogP contribution in [0, 0.1) is 11.3 Å². The first kappa shape index (κ1) is 18.4. The minimum atomic E-state index is -0.314. The Kier molecular flexibility index (Phi) is 8.91. The maximum Gasteiger partial charge on any atom is 0.106 e. The van der Waals surface area contributed by atoms with E-state index in [2.05, 4.69) is 42.1 Å². The Morgan fingerprint density at radius 2 is 1.95 bits per heavy atom. The van der Waals surface area contributed by atoms with Gasteiger partial charge in [0.1, 0.15) is 5.54 Å². The lowest BCUT2D eigenvalue weighted by atomic mass is 9.91. The lowest BCUT2D eigenvalue weighted by Crippen LogP contribution is -2.44. The normalized spacial score (nSPS) is 18.8. The fraction of sp³-hybridized carbons (Fsp3) is 0.941. The van der Waals surface area contributed by atoms with E-state index in [1.54, 1.807) is 0 Å². The van der Waals surface area contributed by atoms with Crippen LogP contribution in [0.3, 0.4) is 0 Å². The molecule has 1 unspecified atom stereocenters. The van der Waals surface area contributed by atoms with Crippen molar-refractivity contribution in [2.45, 2.75) is 57.9 Å². The summed E-state index contributed by atoms with van der Waals surface area (Å²) in [6, 6.07) is 2.51. The van der Waals surface area contributed by atoms with E-state index in [-0.39, 0.29) is 5.54 Å². The molecule has 1 aliphatic heterocycles. The summed E-state index contributed by atoms with van der Waals surface area (Å²) in [6.45, 7) is 11.2. The van der Waals surface area contributed by atoms with Gasteiger partial charge in [-0.25, -0.2) is 0 Å². The molecule has 0 aliphatic carbocycles. The van der Waals surface area contributed by atoms with E-state index in [1.807, 2.05) is 0 Å². The molecule has 4 nitrogen and oxygen atoms in total. The molecular formula is C17H34N4.